The van der Waals surface area contributed by atoms with Gasteiger partial charge in [0, 0.05) is 19.3 Å². The minimum atomic E-state index is -0.799. The number of unbranched alkanes of at least 4 members (excludes halogenated alkanes) is 24. The predicted octanol–water partition coefficient (Wildman–Crippen LogP) is 20.3. The topological polar surface area (TPSA) is 78.9 Å². The molecule has 0 saturated heterocycles. The van der Waals surface area contributed by atoms with Gasteiger partial charge < -0.3 is 14.2 Å². The van der Waals surface area contributed by atoms with E-state index in [9.17, 15) is 14.4 Å². The highest BCUT2D eigenvalue weighted by Gasteiger charge is 2.19. The molecule has 1 atom stereocenters. The number of rotatable bonds is 53. The molecule has 72 heavy (non-hydrogen) atoms. The van der Waals surface area contributed by atoms with Crippen molar-refractivity contribution in [2.45, 2.75) is 277 Å². The molecule has 0 N–H and O–H groups in total. The number of carbonyl (C=O) groups is 3. The van der Waals surface area contributed by atoms with Crippen molar-refractivity contribution in [2.75, 3.05) is 13.2 Å². The van der Waals surface area contributed by atoms with E-state index in [4.69, 9.17) is 14.2 Å². The Morgan fingerprint density at radius 3 is 0.847 bits per heavy atom. The van der Waals surface area contributed by atoms with Crippen LogP contribution in [0.2, 0.25) is 0 Å². The number of allylic oxidation sites excluding steroid dienone is 18. The van der Waals surface area contributed by atoms with Crippen LogP contribution in [-0.2, 0) is 28.6 Å². The van der Waals surface area contributed by atoms with Gasteiger partial charge in [-0.25, -0.2) is 0 Å². The Kier molecular flexibility index (Phi) is 56.4. The van der Waals surface area contributed by atoms with E-state index in [-0.39, 0.29) is 37.5 Å². The monoisotopic (exact) mass is 999 g/mol. The highest BCUT2D eigenvalue weighted by atomic mass is 16.6. The van der Waals surface area contributed by atoms with Gasteiger partial charge in [0.15, 0.2) is 6.10 Å². The third kappa shape index (κ3) is 57.0. The zero-order valence-corrected chi connectivity index (χ0v) is 46.9. The summed E-state index contributed by atoms with van der Waals surface area (Å²) in [5, 5.41) is 0. The molecule has 0 rings (SSSR count). The molecule has 0 fully saturated rings. The van der Waals surface area contributed by atoms with Crippen molar-refractivity contribution in [3.63, 3.8) is 0 Å². The number of esters is 3. The van der Waals surface area contributed by atoms with Gasteiger partial charge in [0.2, 0.25) is 0 Å². The van der Waals surface area contributed by atoms with E-state index in [1.807, 2.05) is 0 Å². The molecular formula is C66H110O6. The van der Waals surface area contributed by atoms with Crippen LogP contribution in [0.4, 0.5) is 0 Å². The first-order valence-corrected chi connectivity index (χ1v) is 29.9. The third-order valence-corrected chi connectivity index (χ3v) is 12.5. The summed E-state index contributed by atoms with van der Waals surface area (Å²) < 4.78 is 16.8. The van der Waals surface area contributed by atoms with Gasteiger partial charge in [-0.2, -0.15) is 0 Å². The average molecular weight is 1000 g/mol. The first kappa shape index (κ1) is 68.1. The Morgan fingerprint density at radius 1 is 0.292 bits per heavy atom. The van der Waals surface area contributed by atoms with Gasteiger partial charge in [-0.05, 0) is 83.5 Å². The maximum absolute atomic E-state index is 12.8. The minimum absolute atomic E-state index is 0.0931. The van der Waals surface area contributed by atoms with Crippen molar-refractivity contribution in [2.24, 2.45) is 0 Å². The summed E-state index contributed by atoms with van der Waals surface area (Å²) in [5.74, 6) is -0.952. The average Bonchev–Trinajstić information content (AvgIpc) is 3.38. The zero-order valence-electron chi connectivity index (χ0n) is 46.9. The Balaban J connectivity index is 4.37. The molecule has 0 aliphatic heterocycles. The van der Waals surface area contributed by atoms with Crippen molar-refractivity contribution >= 4 is 17.9 Å². The minimum Gasteiger partial charge on any atom is -0.462 e. The smallest absolute Gasteiger partial charge is 0.306 e. The van der Waals surface area contributed by atoms with Crippen LogP contribution >= 0.6 is 0 Å². The second kappa shape index (κ2) is 59.6. The Hall–Kier alpha value is -3.93. The lowest BCUT2D eigenvalue weighted by molar-refractivity contribution is -0.167. The molecular weight excluding hydrogens is 889 g/mol. The maximum atomic E-state index is 12.8. The molecule has 0 aliphatic carbocycles. The number of ether oxygens (including phenoxy) is 3. The molecule has 0 bridgehead atoms. The van der Waals surface area contributed by atoms with Gasteiger partial charge in [-0.3, -0.25) is 14.4 Å². The molecule has 0 spiro atoms. The quantitative estimate of drug-likeness (QED) is 0.0261. The molecule has 0 radical (unpaired) electrons. The van der Waals surface area contributed by atoms with Crippen LogP contribution in [0.25, 0.3) is 0 Å². The van der Waals surface area contributed by atoms with Crippen molar-refractivity contribution < 1.29 is 28.6 Å². The van der Waals surface area contributed by atoms with E-state index < -0.39 is 6.10 Å². The molecule has 0 aliphatic rings. The van der Waals surface area contributed by atoms with E-state index in [1.165, 1.54) is 122 Å². The molecule has 410 valence electrons. The number of hydrogen-bond acceptors (Lipinski definition) is 6. The molecule has 0 saturated carbocycles. The molecule has 0 aromatic carbocycles. The van der Waals surface area contributed by atoms with E-state index in [0.29, 0.717) is 19.3 Å². The molecule has 6 nitrogen and oxygen atoms in total. The summed E-state index contributed by atoms with van der Waals surface area (Å²) in [6.07, 6.45) is 80.9. The van der Waals surface area contributed by atoms with E-state index >= 15 is 0 Å². The maximum Gasteiger partial charge on any atom is 0.306 e. The second-order valence-electron chi connectivity index (χ2n) is 19.5. The van der Waals surface area contributed by atoms with Crippen LogP contribution < -0.4 is 0 Å². The highest BCUT2D eigenvalue weighted by Crippen LogP contribution is 2.15. The van der Waals surface area contributed by atoms with Gasteiger partial charge in [-0.1, -0.05) is 278 Å². The Morgan fingerprint density at radius 2 is 0.542 bits per heavy atom. The number of carbonyl (C=O) groups excluding carboxylic acids is 3. The molecule has 1 unspecified atom stereocenters. The summed E-state index contributed by atoms with van der Waals surface area (Å²) >= 11 is 0. The van der Waals surface area contributed by atoms with Gasteiger partial charge in [0.25, 0.3) is 0 Å². The highest BCUT2D eigenvalue weighted by molar-refractivity contribution is 5.71. The SMILES string of the molecule is CC/C=C\C/C=C\C/C=C\C/C=C\C/C=C\C/C=C\C/C=C\C/C=C\C/C=C\CCCC(=O)OCC(COC(=O)CCCCCCCCCCCCC)OC(=O)CCCCCCCCCCCCCCCC. The second-order valence-corrected chi connectivity index (χ2v) is 19.5. The first-order chi connectivity index (χ1) is 35.5. The molecule has 0 heterocycles. The van der Waals surface area contributed by atoms with Crippen molar-refractivity contribution in [3.8, 4) is 0 Å². The lowest BCUT2D eigenvalue weighted by Gasteiger charge is -2.18. The van der Waals surface area contributed by atoms with E-state index in [0.717, 1.165) is 103 Å². The van der Waals surface area contributed by atoms with Gasteiger partial charge in [0.1, 0.15) is 13.2 Å². The van der Waals surface area contributed by atoms with Gasteiger partial charge >= 0.3 is 17.9 Å². The lowest BCUT2D eigenvalue weighted by Crippen LogP contribution is -2.30. The van der Waals surface area contributed by atoms with Crippen molar-refractivity contribution in [3.05, 3.63) is 109 Å². The molecule has 6 heteroatoms. The summed E-state index contributed by atoms with van der Waals surface area (Å²) in [7, 11) is 0. The largest absolute Gasteiger partial charge is 0.462 e. The predicted molar refractivity (Wildman–Crippen MR) is 311 cm³/mol. The summed E-state index contributed by atoms with van der Waals surface area (Å²) in [6.45, 7) is 6.48. The molecule has 0 aromatic heterocycles. The van der Waals surface area contributed by atoms with Crippen molar-refractivity contribution in [1.82, 2.24) is 0 Å². The third-order valence-electron chi connectivity index (χ3n) is 12.5. The van der Waals surface area contributed by atoms with Gasteiger partial charge in [0.05, 0.1) is 0 Å². The first-order valence-electron chi connectivity index (χ1n) is 29.9. The normalized spacial score (nSPS) is 12.9. The van der Waals surface area contributed by atoms with E-state index in [1.54, 1.807) is 0 Å². The number of hydrogen-bond donors (Lipinski definition) is 0. The van der Waals surface area contributed by atoms with Gasteiger partial charge in [-0.15, -0.1) is 0 Å². The van der Waals surface area contributed by atoms with Crippen LogP contribution in [0.1, 0.15) is 271 Å². The lowest BCUT2D eigenvalue weighted by atomic mass is 10.0. The molecule has 0 amide bonds. The zero-order chi connectivity index (χ0) is 52.2. The van der Waals surface area contributed by atoms with Crippen LogP contribution in [-0.4, -0.2) is 37.2 Å². The van der Waals surface area contributed by atoms with Crippen LogP contribution in [0.5, 0.6) is 0 Å². The molecule has 0 aromatic rings. The Bertz CT molecular complexity index is 1470. The Labute approximate surface area is 444 Å². The fraction of sp³-hybridized carbons (Fsp3) is 0.682. The fourth-order valence-corrected chi connectivity index (χ4v) is 8.09. The summed E-state index contributed by atoms with van der Waals surface area (Å²) in [6, 6.07) is 0. The standard InChI is InChI=1S/C66H110O6/c1-4-7-10-13-16-19-22-24-26-27-28-29-30-31-32-33-34-35-36-37-38-39-40-42-44-47-50-53-56-59-65(68)71-62-63(61-70-64(67)58-55-52-49-46-43-21-18-15-12-9-6-3)72-66(69)60-57-54-51-48-45-41-25-23-20-17-14-11-8-5-2/h7,10,16,19,24,26,28-29,31-32,34-35,37-38,40,42,47,50,63H,4-6,8-9,11-15,17-18,20-23,25,27,30,33,36,39,41,43-46,48-49,51-62H2,1-3H3/b10-7-,19-16-,26-24-,29-28-,32-31-,35-34-,38-37-,42-40-,50-47-. The van der Waals surface area contributed by atoms with Crippen molar-refractivity contribution in [1.29, 1.82) is 0 Å². The summed E-state index contributed by atoms with van der Waals surface area (Å²) in [4.78, 5) is 38.1. The van der Waals surface area contributed by atoms with Crippen LogP contribution in [0.3, 0.4) is 0 Å². The fourth-order valence-electron chi connectivity index (χ4n) is 8.09. The van der Waals surface area contributed by atoms with Crippen LogP contribution in [0.15, 0.2) is 109 Å². The van der Waals surface area contributed by atoms with E-state index in [2.05, 4.69) is 130 Å². The van der Waals surface area contributed by atoms with Crippen LogP contribution in [0, 0.1) is 0 Å². The summed E-state index contributed by atoms with van der Waals surface area (Å²) in [5.41, 5.74) is 0.